The third kappa shape index (κ3) is 3.46. The van der Waals surface area contributed by atoms with Gasteiger partial charge in [-0.25, -0.2) is 0 Å². The van der Waals surface area contributed by atoms with E-state index in [1.807, 2.05) is 0 Å². The summed E-state index contributed by atoms with van der Waals surface area (Å²) in [7, 11) is 0. The van der Waals surface area contributed by atoms with Gasteiger partial charge in [0.2, 0.25) is 0 Å². The molecule has 2 nitrogen and oxygen atoms in total. The number of rotatable bonds is 4. The Balaban J connectivity index is 1.71. The molecule has 0 radical (unpaired) electrons. The largest absolute Gasteiger partial charge is 0.389 e. The Hall–Kier alpha value is -0.0800. The molecule has 2 saturated carbocycles. The van der Waals surface area contributed by atoms with Crippen molar-refractivity contribution in [1.82, 2.24) is 5.32 Å². The topological polar surface area (TPSA) is 32.3 Å². The van der Waals surface area contributed by atoms with Crippen molar-refractivity contribution in [3.63, 3.8) is 0 Å². The highest BCUT2D eigenvalue weighted by molar-refractivity contribution is 4.92. The second-order valence-corrected chi connectivity index (χ2v) is 6.05. The summed E-state index contributed by atoms with van der Waals surface area (Å²) in [6.07, 6.45) is 9.73. The molecular formula is C13H25NO. The van der Waals surface area contributed by atoms with E-state index >= 15 is 0 Å². The molecule has 0 aliphatic heterocycles. The fourth-order valence-corrected chi connectivity index (χ4v) is 2.55. The van der Waals surface area contributed by atoms with E-state index in [4.69, 9.17) is 0 Å². The number of hydrogen-bond donors (Lipinski definition) is 2. The number of nitrogens with one attached hydrogen (secondary N) is 1. The Kier molecular flexibility index (Phi) is 3.36. The first kappa shape index (κ1) is 11.4. The molecule has 0 atom stereocenters. The van der Waals surface area contributed by atoms with Crippen LogP contribution in [-0.2, 0) is 0 Å². The van der Waals surface area contributed by atoms with Gasteiger partial charge in [0.15, 0.2) is 0 Å². The molecule has 0 aromatic rings. The van der Waals surface area contributed by atoms with Crippen LogP contribution in [0, 0.1) is 5.41 Å². The Morgan fingerprint density at radius 3 is 2.07 bits per heavy atom. The van der Waals surface area contributed by atoms with Crippen LogP contribution >= 0.6 is 0 Å². The smallest absolute Gasteiger partial charge is 0.0771 e. The Bertz CT molecular complexity index is 203. The van der Waals surface area contributed by atoms with Gasteiger partial charge in [0.1, 0.15) is 0 Å². The molecule has 2 aliphatic carbocycles. The molecule has 0 saturated heterocycles. The van der Waals surface area contributed by atoms with E-state index in [-0.39, 0.29) is 0 Å². The molecule has 2 fully saturated rings. The van der Waals surface area contributed by atoms with Crippen LogP contribution in [0.2, 0.25) is 0 Å². The molecule has 0 unspecified atom stereocenters. The minimum absolute atomic E-state index is 0.401. The maximum absolute atomic E-state index is 10.4. The molecule has 0 aromatic heterocycles. The molecule has 0 bridgehead atoms. The van der Waals surface area contributed by atoms with Crippen LogP contribution in [0.4, 0.5) is 0 Å². The van der Waals surface area contributed by atoms with Gasteiger partial charge in [0, 0.05) is 13.1 Å². The summed E-state index contributed by atoms with van der Waals surface area (Å²) < 4.78 is 0. The second-order valence-electron chi connectivity index (χ2n) is 6.05. The van der Waals surface area contributed by atoms with Crippen LogP contribution in [-0.4, -0.2) is 23.8 Å². The van der Waals surface area contributed by atoms with Crippen molar-refractivity contribution < 1.29 is 5.11 Å². The molecule has 2 rings (SSSR count). The summed E-state index contributed by atoms with van der Waals surface area (Å²) in [6.45, 7) is 4.23. The fraction of sp³-hybridized carbons (Fsp3) is 1.00. The minimum atomic E-state index is -0.401. The summed E-state index contributed by atoms with van der Waals surface area (Å²) in [6, 6.07) is 0. The van der Waals surface area contributed by atoms with Crippen LogP contribution in [0.15, 0.2) is 0 Å². The first-order valence-corrected chi connectivity index (χ1v) is 6.55. The molecule has 0 aromatic carbocycles. The zero-order chi connectivity index (χ0) is 10.8. The van der Waals surface area contributed by atoms with Crippen molar-refractivity contribution in [2.24, 2.45) is 5.41 Å². The summed E-state index contributed by atoms with van der Waals surface area (Å²) in [5, 5.41) is 13.9. The molecule has 0 heterocycles. The van der Waals surface area contributed by atoms with Gasteiger partial charge < -0.3 is 10.4 Å². The summed E-state index contributed by atoms with van der Waals surface area (Å²) in [4.78, 5) is 0. The van der Waals surface area contributed by atoms with E-state index in [2.05, 4.69) is 12.2 Å². The lowest BCUT2D eigenvalue weighted by Gasteiger charge is -2.27. The fourth-order valence-electron chi connectivity index (χ4n) is 2.55. The predicted octanol–water partition coefficient (Wildman–Crippen LogP) is 2.46. The summed E-state index contributed by atoms with van der Waals surface area (Å²) >= 11 is 0. The van der Waals surface area contributed by atoms with Gasteiger partial charge in [-0.1, -0.05) is 32.6 Å². The van der Waals surface area contributed by atoms with Gasteiger partial charge in [-0.2, -0.15) is 0 Å². The van der Waals surface area contributed by atoms with Crippen molar-refractivity contribution in [2.45, 2.75) is 63.9 Å². The molecule has 0 amide bonds. The summed E-state index contributed by atoms with van der Waals surface area (Å²) in [5.74, 6) is 0. The molecule has 2 N–H and O–H groups in total. The standard InChI is InChI=1S/C13H25NO/c1-12(8-9-12)10-14-11-13(15)6-4-2-3-5-7-13/h14-15H,2-11H2,1H3. The van der Waals surface area contributed by atoms with Gasteiger partial charge >= 0.3 is 0 Å². The first-order chi connectivity index (χ1) is 7.12. The Morgan fingerprint density at radius 1 is 0.933 bits per heavy atom. The van der Waals surface area contributed by atoms with E-state index in [9.17, 15) is 5.11 Å². The van der Waals surface area contributed by atoms with Crippen molar-refractivity contribution >= 4 is 0 Å². The van der Waals surface area contributed by atoms with Gasteiger partial charge in [-0.3, -0.25) is 0 Å². The highest BCUT2D eigenvalue weighted by Gasteiger charge is 2.37. The maximum Gasteiger partial charge on any atom is 0.0771 e. The van der Waals surface area contributed by atoms with E-state index in [0.717, 1.165) is 25.9 Å². The lowest BCUT2D eigenvalue weighted by atomic mass is 9.94. The van der Waals surface area contributed by atoms with Crippen LogP contribution in [0.5, 0.6) is 0 Å². The van der Waals surface area contributed by atoms with E-state index in [0.29, 0.717) is 5.41 Å². The zero-order valence-corrected chi connectivity index (χ0v) is 10.0. The molecular weight excluding hydrogens is 186 g/mol. The normalized spacial score (nSPS) is 28.4. The van der Waals surface area contributed by atoms with E-state index < -0.39 is 5.60 Å². The van der Waals surface area contributed by atoms with Crippen LogP contribution in [0.3, 0.4) is 0 Å². The average Bonchev–Trinajstić information content (AvgIpc) is 2.93. The Labute approximate surface area is 93.5 Å². The number of aliphatic hydroxyl groups is 1. The minimum Gasteiger partial charge on any atom is -0.389 e. The van der Waals surface area contributed by atoms with Gasteiger partial charge in [-0.15, -0.1) is 0 Å². The molecule has 2 heteroatoms. The van der Waals surface area contributed by atoms with Crippen LogP contribution in [0.1, 0.15) is 58.3 Å². The highest BCUT2D eigenvalue weighted by atomic mass is 16.3. The quantitative estimate of drug-likeness (QED) is 0.700. The van der Waals surface area contributed by atoms with Gasteiger partial charge in [-0.05, 0) is 31.1 Å². The average molecular weight is 211 g/mol. The number of hydrogen-bond acceptors (Lipinski definition) is 2. The van der Waals surface area contributed by atoms with E-state index in [1.54, 1.807) is 0 Å². The van der Waals surface area contributed by atoms with Crippen molar-refractivity contribution in [2.75, 3.05) is 13.1 Å². The van der Waals surface area contributed by atoms with Crippen molar-refractivity contribution in [1.29, 1.82) is 0 Å². The molecule has 0 spiro atoms. The first-order valence-electron chi connectivity index (χ1n) is 6.55. The van der Waals surface area contributed by atoms with Gasteiger partial charge in [0.05, 0.1) is 5.60 Å². The Morgan fingerprint density at radius 2 is 1.53 bits per heavy atom. The highest BCUT2D eigenvalue weighted by Crippen LogP contribution is 2.44. The molecule has 15 heavy (non-hydrogen) atoms. The predicted molar refractivity (Wildman–Crippen MR) is 62.9 cm³/mol. The van der Waals surface area contributed by atoms with Crippen molar-refractivity contribution in [3.8, 4) is 0 Å². The van der Waals surface area contributed by atoms with Gasteiger partial charge in [0.25, 0.3) is 0 Å². The van der Waals surface area contributed by atoms with Crippen LogP contribution < -0.4 is 5.32 Å². The SMILES string of the molecule is CC1(CNCC2(O)CCCCCC2)CC1. The molecule has 88 valence electrons. The lowest BCUT2D eigenvalue weighted by Crippen LogP contribution is -2.41. The van der Waals surface area contributed by atoms with Crippen LogP contribution in [0.25, 0.3) is 0 Å². The monoisotopic (exact) mass is 211 g/mol. The molecule has 2 aliphatic rings. The second kappa shape index (κ2) is 4.42. The third-order valence-corrected chi connectivity index (χ3v) is 4.14. The summed E-state index contributed by atoms with van der Waals surface area (Å²) in [5.41, 5.74) is 0.156. The van der Waals surface area contributed by atoms with E-state index in [1.165, 1.54) is 38.5 Å². The zero-order valence-electron chi connectivity index (χ0n) is 10.0. The van der Waals surface area contributed by atoms with Crippen molar-refractivity contribution in [3.05, 3.63) is 0 Å². The third-order valence-electron chi connectivity index (χ3n) is 4.14. The maximum atomic E-state index is 10.4. The lowest BCUT2D eigenvalue weighted by molar-refractivity contribution is 0.0245.